The second kappa shape index (κ2) is 12.3. The average molecular weight is 500 g/mol. The Morgan fingerprint density at radius 1 is 0.865 bits per heavy atom. The average Bonchev–Trinajstić information content (AvgIpc) is 3.17. The Bertz CT molecular complexity index is 1250. The molecule has 0 aromatic heterocycles. The van der Waals surface area contributed by atoms with E-state index in [9.17, 15) is 14.7 Å². The van der Waals surface area contributed by atoms with E-state index in [1.807, 2.05) is 61.5 Å². The predicted octanol–water partition coefficient (Wildman–Crippen LogP) is 6.28. The van der Waals surface area contributed by atoms with Crippen LogP contribution < -0.4 is 9.47 Å². The van der Waals surface area contributed by atoms with Crippen molar-refractivity contribution in [3.05, 3.63) is 101 Å². The third-order valence-electron chi connectivity index (χ3n) is 6.36. The van der Waals surface area contributed by atoms with E-state index in [1.165, 1.54) is 4.90 Å². The summed E-state index contributed by atoms with van der Waals surface area (Å²) in [7, 11) is 0. The Labute approximate surface area is 218 Å². The number of hydrogen-bond donors (Lipinski definition) is 1. The van der Waals surface area contributed by atoms with Crippen molar-refractivity contribution in [1.29, 1.82) is 0 Å². The van der Waals surface area contributed by atoms with Crippen LogP contribution in [0, 0.1) is 0 Å². The predicted molar refractivity (Wildman–Crippen MR) is 143 cm³/mol. The molecule has 4 rings (SSSR count). The summed E-state index contributed by atoms with van der Waals surface area (Å²) in [6.07, 6.45) is 3.13. The summed E-state index contributed by atoms with van der Waals surface area (Å²) in [4.78, 5) is 28.1. The second-order valence-electron chi connectivity index (χ2n) is 9.00. The largest absolute Gasteiger partial charge is 0.507 e. The van der Waals surface area contributed by atoms with Gasteiger partial charge in [0.25, 0.3) is 11.7 Å². The maximum absolute atomic E-state index is 13.3. The number of unbranched alkanes of at least 4 members (excludes halogenated alkanes) is 2. The van der Waals surface area contributed by atoms with Crippen molar-refractivity contribution in [3.8, 4) is 11.5 Å². The minimum Gasteiger partial charge on any atom is -0.507 e. The number of aliphatic hydroxyl groups is 1. The molecule has 0 saturated carbocycles. The Morgan fingerprint density at radius 3 is 2.32 bits per heavy atom. The molecule has 3 aromatic rings. The first-order valence-corrected chi connectivity index (χ1v) is 12.8. The summed E-state index contributed by atoms with van der Waals surface area (Å²) in [6.45, 7) is 5.38. The van der Waals surface area contributed by atoms with E-state index in [-0.39, 0.29) is 17.9 Å². The third kappa shape index (κ3) is 6.02. The van der Waals surface area contributed by atoms with Gasteiger partial charge in [-0.3, -0.25) is 9.59 Å². The van der Waals surface area contributed by atoms with Crippen LogP contribution in [-0.2, 0) is 16.1 Å². The topological polar surface area (TPSA) is 76.1 Å². The van der Waals surface area contributed by atoms with Gasteiger partial charge in [-0.2, -0.15) is 0 Å². The monoisotopic (exact) mass is 499 g/mol. The fourth-order valence-corrected chi connectivity index (χ4v) is 4.52. The van der Waals surface area contributed by atoms with Crippen LogP contribution in [0.2, 0.25) is 0 Å². The van der Waals surface area contributed by atoms with Crippen LogP contribution in [-0.4, -0.2) is 34.9 Å². The first-order chi connectivity index (χ1) is 18.0. The van der Waals surface area contributed by atoms with Crippen LogP contribution >= 0.6 is 0 Å². The zero-order valence-corrected chi connectivity index (χ0v) is 21.4. The van der Waals surface area contributed by atoms with Crippen LogP contribution in [0.15, 0.2) is 84.4 Å². The molecule has 1 atom stereocenters. The highest BCUT2D eigenvalue weighted by molar-refractivity contribution is 6.46. The maximum atomic E-state index is 13.3. The maximum Gasteiger partial charge on any atom is 0.295 e. The van der Waals surface area contributed by atoms with Crippen LogP contribution in [0.3, 0.4) is 0 Å². The van der Waals surface area contributed by atoms with Gasteiger partial charge in [0, 0.05) is 12.1 Å². The Hall–Kier alpha value is -4.06. The molecule has 3 aromatic carbocycles. The number of hydrogen-bond acceptors (Lipinski definition) is 5. The molecule has 1 N–H and O–H groups in total. The van der Waals surface area contributed by atoms with Crippen molar-refractivity contribution in [2.24, 2.45) is 0 Å². The van der Waals surface area contributed by atoms with E-state index in [1.54, 1.807) is 24.3 Å². The number of benzene rings is 3. The smallest absolute Gasteiger partial charge is 0.295 e. The highest BCUT2D eigenvalue weighted by atomic mass is 16.5. The molecule has 1 amide bonds. The van der Waals surface area contributed by atoms with Gasteiger partial charge < -0.3 is 19.5 Å². The van der Waals surface area contributed by atoms with Crippen molar-refractivity contribution in [2.45, 2.75) is 45.7 Å². The number of Topliss-reactive ketones (excluding diaryl/α,β-unsaturated/α-hetero) is 1. The highest BCUT2D eigenvalue weighted by Crippen LogP contribution is 2.41. The zero-order valence-electron chi connectivity index (χ0n) is 21.4. The summed E-state index contributed by atoms with van der Waals surface area (Å²) in [6, 6.07) is 23.0. The first kappa shape index (κ1) is 26.0. The second-order valence-corrected chi connectivity index (χ2v) is 9.00. The van der Waals surface area contributed by atoms with Gasteiger partial charge in [0.05, 0.1) is 24.8 Å². The molecule has 1 aliphatic rings. The van der Waals surface area contributed by atoms with Gasteiger partial charge in [0.15, 0.2) is 0 Å². The van der Waals surface area contributed by atoms with E-state index >= 15 is 0 Å². The molecule has 192 valence electrons. The molecule has 1 saturated heterocycles. The van der Waals surface area contributed by atoms with E-state index in [4.69, 9.17) is 9.47 Å². The summed E-state index contributed by atoms with van der Waals surface area (Å²) in [5, 5.41) is 11.3. The number of aliphatic hydroxyl groups excluding tert-OH is 1. The fraction of sp³-hybridized carbons (Fsp3) is 0.290. The first-order valence-electron chi connectivity index (χ1n) is 12.8. The summed E-state index contributed by atoms with van der Waals surface area (Å²) >= 11 is 0. The molecule has 0 spiro atoms. The molecule has 1 heterocycles. The van der Waals surface area contributed by atoms with Crippen molar-refractivity contribution in [2.75, 3.05) is 13.2 Å². The molecule has 37 heavy (non-hydrogen) atoms. The number of amides is 1. The SMILES string of the molecule is CCCCCOc1cccc(C2/C(=C(\O)c3ccc(OCC)cc3)C(=O)C(=O)N2Cc2ccccc2)c1. The van der Waals surface area contributed by atoms with Gasteiger partial charge in [-0.25, -0.2) is 0 Å². The summed E-state index contributed by atoms with van der Waals surface area (Å²) in [5.41, 5.74) is 2.10. The molecule has 6 nitrogen and oxygen atoms in total. The molecular weight excluding hydrogens is 466 g/mol. The standard InChI is InChI=1S/C31H33NO5/c1-3-5-9-19-37-26-14-10-13-24(20-26)28-27(29(33)23-15-17-25(18-16-23)36-4-2)30(34)31(35)32(28)21-22-11-7-6-8-12-22/h6-8,10-18,20,28,33H,3-5,9,19,21H2,1-2H3/b29-27+. The summed E-state index contributed by atoms with van der Waals surface area (Å²) in [5.74, 6) is -0.235. The number of rotatable bonds is 11. The number of carbonyl (C=O) groups excluding carboxylic acids is 2. The molecule has 1 fully saturated rings. The number of ether oxygens (including phenoxy) is 2. The van der Waals surface area contributed by atoms with Crippen molar-refractivity contribution < 1.29 is 24.2 Å². The highest BCUT2D eigenvalue weighted by Gasteiger charge is 2.46. The number of likely N-dealkylation sites (tertiary alicyclic amines) is 1. The van der Waals surface area contributed by atoms with Crippen molar-refractivity contribution in [1.82, 2.24) is 4.90 Å². The van der Waals surface area contributed by atoms with E-state index < -0.39 is 17.7 Å². The van der Waals surface area contributed by atoms with Gasteiger partial charge in [-0.15, -0.1) is 0 Å². The van der Waals surface area contributed by atoms with Crippen molar-refractivity contribution in [3.63, 3.8) is 0 Å². The van der Waals surface area contributed by atoms with Gasteiger partial charge in [0.2, 0.25) is 0 Å². The van der Waals surface area contributed by atoms with Gasteiger partial charge in [-0.1, -0.05) is 62.2 Å². The van der Waals surface area contributed by atoms with Crippen LogP contribution in [0.5, 0.6) is 11.5 Å². The molecule has 6 heteroatoms. The van der Waals surface area contributed by atoms with Crippen LogP contribution in [0.1, 0.15) is 55.8 Å². The minimum atomic E-state index is -0.758. The van der Waals surface area contributed by atoms with Crippen molar-refractivity contribution >= 4 is 17.4 Å². The molecule has 1 unspecified atom stereocenters. The molecule has 1 aliphatic heterocycles. The quantitative estimate of drug-likeness (QED) is 0.146. The number of nitrogens with zero attached hydrogens (tertiary/aromatic N) is 1. The lowest BCUT2D eigenvalue weighted by atomic mass is 9.95. The molecular formula is C31H33NO5. The molecule has 0 aliphatic carbocycles. The summed E-state index contributed by atoms with van der Waals surface area (Å²) < 4.78 is 11.4. The zero-order chi connectivity index (χ0) is 26.2. The van der Waals surface area contributed by atoms with Gasteiger partial charge >= 0.3 is 0 Å². The lowest BCUT2D eigenvalue weighted by Crippen LogP contribution is -2.29. The molecule has 0 radical (unpaired) electrons. The van der Waals surface area contributed by atoms with Gasteiger partial charge in [0.1, 0.15) is 17.3 Å². The lowest BCUT2D eigenvalue weighted by Gasteiger charge is -2.26. The van der Waals surface area contributed by atoms with E-state index in [0.29, 0.717) is 35.8 Å². The number of carbonyl (C=O) groups is 2. The Balaban J connectivity index is 1.75. The molecule has 0 bridgehead atoms. The Morgan fingerprint density at radius 2 is 1.62 bits per heavy atom. The minimum absolute atomic E-state index is 0.0632. The van der Waals surface area contributed by atoms with E-state index in [0.717, 1.165) is 24.8 Å². The Kier molecular flexibility index (Phi) is 8.62. The normalized spacial score (nSPS) is 16.7. The fourth-order valence-electron chi connectivity index (χ4n) is 4.52. The van der Waals surface area contributed by atoms with E-state index in [2.05, 4.69) is 6.92 Å². The third-order valence-corrected chi connectivity index (χ3v) is 6.36. The lowest BCUT2D eigenvalue weighted by molar-refractivity contribution is -0.140. The number of ketones is 1. The van der Waals surface area contributed by atoms with Gasteiger partial charge in [-0.05, 0) is 60.9 Å². The van der Waals surface area contributed by atoms with Crippen LogP contribution in [0.4, 0.5) is 0 Å². The van der Waals surface area contributed by atoms with Crippen LogP contribution in [0.25, 0.3) is 5.76 Å².